The van der Waals surface area contributed by atoms with Gasteiger partial charge in [-0.2, -0.15) is 4.98 Å². The maximum atomic E-state index is 13.3. The molecular weight excluding hydrogens is 438 g/mol. The van der Waals surface area contributed by atoms with Crippen LogP contribution in [0.1, 0.15) is 23.5 Å². The van der Waals surface area contributed by atoms with Crippen molar-refractivity contribution in [2.45, 2.75) is 12.3 Å². The number of carbonyl (C=O) groups excluding carboxylic acids is 1. The molecule has 3 aromatic heterocycles. The number of aromatic hydroxyl groups is 1. The van der Waals surface area contributed by atoms with Crippen LogP contribution in [0.4, 0.5) is 0 Å². The molecule has 0 saturated carbocycles. The second kappa shape index (κ2) is 8.35. The largest absolute Gasteiger partial charge is 0.497 e. The third kappa shape index (κ3) is 3.78. The standard InChI is InChI=1S/C22H18ClN3O6/c1-31-13-4-5-16-11(7-13)8-15(20(28)24-16)14(9-18(27)32-2)19-21(29)25-17-6-3-12(23)10-26(17)22(19)30/h3-8,10,14,29H,9H2,1-2H3,(H,24,28). The molecule has 0 radical (unpaired) electrons. The number of carbonyl (C=O) groups is 1. The van der Waals surface area contributed by atoms with Gasteiger partial charge in [-0.3, -0.25) is 18.8 Å². The van der Waals surface area contributed by atoms with Gasteiger partial charge >= 0.3 is 5.97 Å². The summed E-state index contributed by atoms with van der Waals surface area (Å²) in [5.41, 5.74) is -0.605. The Kier molecular flexibility index (Phi) is 5.58. The lowest BCUT2D eigenvalue weighted by Crippen LogP contribution is -2.27. The Labute approximate surface area is 185 Å². The molecule has 1 unspecified atom stereocenters. The van der Waals surface area contributed by atoms with Crippen LogP contribution in [0.15, 0.2) is 52.2 Å². The highest BCUT2D eigenvalue weighted by Crippen LogP contribution is 2.31. The maximum absolute atomic E-state index is 13.3. The SMILES string of the molecule is COC(=O)CC(c1cc2cc(OC)ccc2[nH]c1=O)c1c(O)nc2ccc(Cl)cn2c1=O. The van der Waals surface area contributed by atoms with Gasteiger partial charge < -0.3 is 19.6 Å². The van der Waals surface area contributed by atoms with Gasteiger partial charge in [0.1, 0.15) is 11.4 Å². The summed E-state index contributed by atoms with van der Waals surface area (Å²) in [6.07, 6.45) is 0.978. The van der Waals surface area contributed by atoms with Crippen LogP contribution < -0.4 is 15.9 Å². The third-order valence-electron chi connectivity index (χ3n) is 5.20. The second-order valence-electron chi connectivity index (χ2n) is 7.07. The van der Waals surface area contributed by atoms with Crippen molar-refractivity contribution >= 4 is 34.1 Å². The topological polar surface area (TPSA) is 123 Å². The van der Waals surface area contributed by atoms with Crippen molar-refractivity contribution in [1.82, 2.24) is 14.4 Å². The molecule has 9 nitrogen and oxygen atoms in total. The monoisotopic (exact) mass is 455 g/mol. The van der Waals surface area contributed by atoms with E-state index in [2.05, 4.69) is 9.97 Å². The number of halogens is 1. The second-order valence-corrected chi connectivity index (χ2v) is 7.51. The Morgan fingerprint density at radius 3 is 2.72 bits per heavy atom. The number of ether oxygens (including phenoxy) is 2. The Morgan fingerprint density at radius 1 is 1.22 bits per heavy atom. The molecule has 0 saturated heterocycles. The summed E-state index contributed by atoms with van der Waals surface area (Å²) in [5.74, 6) is -1.82. The average molecular weight is 456 g/mol. The highest BCUT2D eigenvalue weighted by Gasteiger charge is 2.29. The van der Waals surface area contributed by atoms with E-state index in [0.29, 0.717) is 16.7 Å². The van der Waals surface area contributed by atoms with Gasteiger partial charge in [0, 0.05) is 28.6 Å². The van der Waals surface area contributed by atoms with Crippen LogP contribution in [0.25, 0.3) is 16.6 Å². The lowest BCUT2D eigenvalue weighted by Gasteiger charge is -2.17. The van der Waals surface area contributed by atoms with E-state index >= 15 is 0 Å². The first-order valence-corrected chi connectivity index (χ1v) is 9.88. The molecule has 4 aromatic rings. The Bertz CT molecular complexity index is 1480. The van der Waals surface area contributed by atoms with Gasteiger partial charge in [0.15, 0.2) is 0 Å². The third-order valence-corrected chi connectivity index (χ3v) is 5.43. The predicted molar refractivity (Wildman–Crippen MR) is 118 cm³/mol. The Hall–Kier alpha value is -3.85. The van der Waals surface area contributed by atoms with E-state index in [1.807, 2.05) is 0 Å². The molecule has 3 heterocycles. The van der Waals surface area contributed by atoms with Gasteiger partial charge in [0.2, 0.25) is 5.88 Å². The summed E-state index contributed by atoms with van der Waals surface area (Å²) in [4.78, 5) is 45.2. The molecule has 1 aromatic carbocycles. The summed E-state index contributed by atoms with van der Waals surface area (Å²) >= 11 is 6.01. The molecule has 2 N–H and O–H groups in total. The van der Waals surface area contributed by atoms with Crippen LogP contribution in [0.5, 0.6) is 11.6 Å². The number of rotatable bonds is 5. The number of pyridine rings is 2. The van der Waals surface area contributed by atoms with Gasteiger partial charge in [-0.25, -0.2) is 0 Å². The molecule has 0 spiro atoms. The molecule has 0 bridgehead atoms. The van der Waals surface area contributed by atoms with Gasteiger partial charge in [-0.1, -0.05) is 11.6 Å². The molecule has 1 atom stereocenters. The van der Waals surface area contributed by atoms with Crippen LogP contribution >= 0.6 is 11.6 Å². The van der Waals surface area contributed by atoms with Crippen LogP contribution in [0.3, 0.4) is 0 Å². The number of hydrogen-bond acceptors (Lipinski definition) is 7. The van der Waals surface area contributed by atoms with Crippen LogP contribution in [-0.4, -0.2) is 39.7 Å². The molecular formula is C22H18ClN3O6. The first kappa shape index (κ1) is 21.4. The minimum Gasteiger partial charge on any atom is -0.497 e. The van der Waals surface area contributed by atoms with Crippen molar-refractivity contribution in [3.63, 3.8) is 0 Å². The maximum Gasteiger partial charge on any atom is 0.306 e. The fourth-order valence-corrected chi connectivity index (χ4v) is 3.79. The summed E-state index contributed by atoms with van der Waals surface area (Å²) in [6, 6.07) is 9.62. The lowest BCUT2D eigenvalue weighted by molar-refractivity contribution is -0.140. The molecule has 0 aliphatic carbocycles. The number of fused-ring (bicyclic) bond motifs is 2. The normalized spacial score (nSPS) is 12.1. The molecule has 10 heteroatoms. The van der Waals surface area contributed by atoms with E-state index < -0.39 is 28.9 Å². The predicted octanol–water partition coefficient (Wildman–Crippen LogP) is 2.60. The first-order valence-electron chi connectivity index (χ1n) is 9.51. The van der Waals surface area contributed by atoms with Crippen LogP contribution in [0, 0.1) is 0 Å². The van der Waals surface area contributed by atoms with Crippen molar-refractivity contribution in [1.29, 1.82) is 0 Å². The molecule has 0 amide bonds. The zero-order chi connectivity index (χ0) is 23.0. The molecule has 32 heavy (non-hydrogen) atoms. The zero-order valence-electron chi connectivity index (χ0n) is 17.1. The van der Waals surface area contributed by atoms with E-state index in [0.717, 1.165) is 4.40 Å². The summed E-state index contributed by atoms with van der Waals surface area (Å²) in [6.45, 7) is 0. The molecule has 4 rings (SSSR count). The number of esters is 1. The van der Waals surface area contributed by atoms with E-state index in [9.17, 15) is 19.5 Å². The number of H-pyrrole nitrogens is 1. The molecule has 0 aliphatic rings. The van der Waals surface area contributed by atoms with Crippen LogP contribution in [0.2, 0.25) is 5.02 Å². The minimum absolute atomic E-state index is 0.0901. The molecule has 0 aliphatic heterocycles. The molecule has 0 fully saturated rings. The number of methoxy groups -OCH3 is 2. The van der Waals surface area contributed by atoms with Crippen molar-refractivity contribution in [2.75, 3.05) is 14.2 Å². The van der Waals surface area contributed by atoms with Crippen molar-refractivity contribution < 1.29 is 19.4 Å². The number of hydrogen-bond donors (Lipinski definition) is 2. The van der Waals surface area contributed by atoms with Crippen LogP contribution in [-0.2, 0) is 9.53 Å². The highest BCUT2D eigenvalue weighted by molar-refractivity contribution is 6.30. The van der Waals surface area contributed by atoms with Gasteiger partial charge in [0.05, 0.1) is 31.2 Å². The molecule has 164 valence electrons. The smallest absolute Gasteiger partial charge is 0.306 e. The van der Waals surface area contributed by atoms with Gasteiger partial charge in [-0.15, -0.1) is 0 Å². The zero-order valence-corrected chi connectivity index (χ0v) is 17.8. The first-order chi connectivity index (χ1) is 15.3. The minimum atomic E-state index is -1.13. The Morgan fingerprint density at radius 2 is 2.00 bits per heavy atom. The fraction of sp³-hybridized carbons (Fsp3) is 0.182. The average Bonchev–Trinajstić information content (AvgIpc) is 2.78. The van der Waals surface area contributed by atoms with E-state index in [-0.39, 0.29) is 28.2 Å². The van der Waals surface area contributed by atoms with Crippen molar-refractivity contribution in [2.24, 2.45) is 0 Å². The number of nitrogens with one attached hydrogen (secondary N) is 1. The van der Waals surface area contributed by atoms with E-state index in [1.165, 1.54) is 32.5 Å². The summed E-state index contributed by atoms with van der Waals surface area (Å²) in [7, 11) is 2.71. The lowest BCUT2D eigenvalue weighted by atomic mass is 9.89. The number of benzene rings is 1. The van der Waals surface area contributed by atoms with Gasteiger partial charge in [0.25, 0.3) is 11.1 Å². The highest BCUT2D eigenvalue weighted by atomic mass is 35.5. The van der Waals surface area contributed by atoms with Crippen molar-refractivity contribution in [3.8, 4) is 11.6 Å². The van der Waals surface area contributed by atoms with E-state index in [1.54, 1.807) is 24.3 Å². The summed E-state index contributed by atoms with van der Waals surface area (Å²) < 4.78 is 11.2. The van der Waals surface area contributed by atoms with Gasteiger partial charge in [-0.05, 0) is 36.4 Å². The fourth-order valence-electron chi connectivity index (χ4n) is 3.62. The quantitative estimate of drug-likeness (QED) is 0.443. The number of nitrogens with zero attached hydrogens (tertiary/aromatic N) is 2. The summed E-state index contributed by atoms with van der Waals surface area (Å²) in [5, 5.41) is 11.5. The number of aromatic amines is 1. The van der Waals surface area contributed by atoms with E-state index in [4.69, 9.17) is 21.1 Å². The number of aromatic nitrogens is 3. The Balaban J connectivity index is 2.01. The van der Waals surface area contributed by atoms with Crippen molar-refractivity contribution in [3.05, 3.63) is 79.5 Å².